The van der Waals surface area contributed by atoms with E-state index >= 15 is 0 Å². The average Bonchev–Trinajstić information content (AvgIpc) is 3.44. The highest BCUT2D eigenvalue weighted by Crippen LogP contribution is 2.33. The van der Waals surface area contributed by atoms with Gasteiger partial charge in [-0.2, -0.15) is 10.2 Å². The number of nitrogens with zero attached hydrogens (tertiary/aromatic N) is 6. The lowest BCUT2D eigenvalue weighted by molar-refractivity contribution is -0.00257. The summed E-state index contributed by atoms with van der Waals surface area (Å²) in [7, 11) is 1.83. The van der Waals surface area contributed by atoms with Crippen molar-refractivity contribution in [1.82, 2.24) is 34.7 Å². The third-order valence-corrected chi connectivity index (χ3v) is 6.99. The fourth-order valence-electron chi connectivity index (χ4n) is 4.77. The van der Waals surface area contributed by atoms with Gasteiger partial charge in [0, 0.05) is 31.7 Å². The van der Waals surface area contributed by atoms with Crippen LogP contribution in [0.15, 0.2) is 43.2 Å². The molecule has 0 aromatic carbocycles. The average molecular weight is 509 g/mol. The number of carbonyl (C=O) groups is 1. The molecule has 1 saturated carbocycles. The van der Waals surface area contributed by atoms with Gasteiger partial charge in [-0.1, -0.05) is 11.6 Å². The minimum absolute atomic E-state index is 0.0515. The van der Waals surface area contributed by atoms with Crippen molar-refractivity contribution in [1.29, 1.82) is 0 Å². The first-order chi connectivity index (χ1) is 17.2. The summed E-state index contributed by atoms with van der Waals surface area (Å²) in [6.45, 7) is 3.71. The van der Waals surface area contributed by atoms with Gasteiger partial charge in [0.05, 0.1) is 57.4 Å². The standard InChI is InChI=1S/C25H29ClN8O2/c1-25(2,36)15-4-6-17(7-5-15)32-24(35)20-11-27-21(8-22(20)31-18-10-29-33(3)14-18)19-12-30-34-13-16(26)9-28-23(19)34/h8-15,17,36H,4-7H2,1-3H3,(H,27,31)(H,32,35). The van der Waals surface area contributed by atoms with Crippen LogP contribution in [0.1, 0.15) is 49.9 Å². The van der Waals surface area contributed by atoms with E-state index in [9.17, 15) is 9.90 Å². The van der Waals surface area contributed by atoms with Crippen molar-refractivity contribution in [3.05, 3.63) is 53.8 Å². The van der Waals surface area contributed by atoms with Crippen LogP contribution in [-0.2, 0) is 7.05 Å². The third-order valence-electron chi connectivity index (χ3n) is 6.79. The fraction of sp³-hybridized carbons (Fsp3) is 0.400. The molecule has 5 rings (SSSR count). The van der Waals surface area contributed by atoms with Crippen LogP contribution < -0.4 is 10.6 Å². The smallest absolute Gasteiger partial charge is 0.255 e. The number of hydrogen-bond acceptors (Lipinski definition) is 7. The van der Waals surface area contributed by atoms with Gasteiger partial charge in [-0.25, -0.2) is 9.50 Å². The van der Waals surface area contributed by atoms with E-state index in [1.54, 1.807) is 40.2 Å². The summed E-state index contributed by atoms with van der Waals surface area (Å²) in [5, 5.41) is 25.8. The summed E-state index contributed by atoms with van der Waals surface area (Å²) in [6, 6.07) is 1.87. The number of hydrogen-bond donors (Lipinski definition) is 3. The zero-order chi connectivity index (χ0) is 25.4. The summed E-state index contributed by atoms with van der Waals surface area (Å²) in [5.41, 5.74) is 3.03. The number of carbonyl (C=O) groups excluding carboxylic acids is 1. The first-order valence-electron chi connectivity index (χ1n) is 12.0. The van der Waals surface area contributed by atoms with Crippen molar-refractivity contribution >= 4 is 34.5 Å². The summed E-state index contributed by atoms with van der Waals surface area (Å²) in [6.07, 6.45) is 13.4. The van der Waals surface area contributed by atoms with Gasteiger partial charge in [0.25, 0.3) is 5.91 Å². The van der Waals surface area contributed by atoms with Crippen LogP contribution in [0.4, 0.5) is 11.4 Å². The normalized spacial score (nSPS) is 18.4. The first kappa shape index (κ1) is 24.2. The molecule has 36 heavy (non-hydrogen) atoms. The molecule has 0 bridgehead atoms. The zero-order valence-corrected chi connectivity index (χ0v) is 21.2. The second kappa shape index (κ2) is 9.51. The van der Waals surface area contributed by atoms with E-state index in [4.69, 9.17) is 11.6 Å². The van der Waals surface area contributed by atoms with Crippen LogP contribution in [0.2, 0.25) is 5.02 Å². The number of aliphatic hydroxyl groups is 1. The maximum atomic E-state index is 13.4. The van der Waals surface area contributed by atoms with Crippen LogP contribution in [0, 0.1) is 5.92 Å². The maximum absolute atomic E-state index is 13.4. The van der Waals surface area contributed by atoms with Crippen LogP contribution in [0.5, 0.6) is 0 Å². The van der Waals surface area contributed by atoms with Gasteiger partial charge >= 0.3 is 0 Å². The van der Waals surface area contributed by atoms with Crippen molar-refractivity contribution in [2.45, 2.75) is 51.2 Å². The summed E-state index contributed by atoms with van der Waals surface area (Å²) in [5.74, 6) is 0.0423. The third kappa shape index (κ3) is 5.05. The minimum atomic E-state index is -0.701. The molecule has 1 aliphatic rings. The number of halogens is 1. The molecule has 0 aliphatic heterocycles. The lowest BCUT2D eigenvalue weighted by Crippen LogP contribution is -2.41. The van der Waals surface area contributed by atoms with Crippen molar-refractivity contribution in [2.75, 3.05) is 5.32 Å². The molecular weight excluding hydrogens is 480 g/mol. The Labute approximate surface area is 213 Å². The summed E-state index contributed by atoms with van der Waals surface area (Å²) < 4.78 is 3.28. The predicted octanol–water partition coefficient (Wildman–Crippen LogP) is 3.98. The molecule has 1 fully saturated rings. The molecule has 0 atom stereocenters. The Bertz CT molecular complexity index is 1400. The number of amides is 1. The van der Waals surface area contributed by atoms with Crippen LogP contribution in [-0.4, -0.2) is 52.0 Å². The van der Waals surface area contributed by atoms with E-state index in [2.05, 4.69) is 30.8 Å². The van der Waals surface area contributed by atoms with Gasteiger partial charge in [-0.05, 0) is 51.5 Å². The second-order valence-corrected chi connectivity index (χ2v) is 10.4. The Morgan fingerprint density at radius 3 is 2.56 bits per heavy atom. The largest absolute Gasteiger partial charge is 0.390 e. The van der Waals surface area contributed by atoms with Gasteiger partial charge in [0.2, 0.25) is 0 Å². The second-order valence-electron chi connectivity index (χ2n) is 9.92. The lowest BCUT2D eigenvalue weighted by atomic mass is 9.77. The highest BCUT2D eigenvalue weighted by Gasteiger charge is 2.32. The Balaban J connectivity index is 1.42. The molecule has 0 saturated heterocycles. The Morgan fingerprint density at radius 2 is 1.86 bits per heavy atom. The van der Waals surface area contributed by atoms with Crippen molar-refractivity contribution in [2.24, 2.45) is 13.0 Å². The number of anilines is 2. The lowest BCUT2D eigenvalue weighted by Gasteiger charge is -2.36. The molecule has 0 radical (unpaired) electrons. The van der Waals surface area contributed by atoms with Crippen molar-refractivity contribution in [3.8, 4) is 11.3 Å². The quantitative estimate of drug-likeness (QED) is 0.360. The van der Waals surface area contributed by atoms with Crippen molar-refractivity contribution in [3.63, 3.8) is 0 Å². The monoisotopic (exact) mass is 508 g/mol. The molecule has 11 heteroatoms. The minimum Gasteiger partial charge on any atom is -0.390 e. The van der Waals surface area contributed by atoms with Gasteiger partial charge in [-0.3, -0.25) is 14.5 Å². The molecule has 10 nitrogen and oxygen atoms in total. The molecule has 0 spiro atoms. The number of aryl methyl sites for hydroxylation is 1. The molecule has 4 aromatic rings. The van der Waals surface area contributed by atoms with E-state index in [0.29, 0.717) is 27.6 Å². The van der Waals surface area contributed by atoms with Gasteiger partial charge in [-0.15, -0.1) is 0 Å². The fourth-order valence-corrected chi connectivity index (χ4v) is 4.91. The molecule has 1 aliphatic carbocycles. The maximum Gasteiger partial charge on any atom is 0.255 e. The first-order valence-corrected chi connectivity index (χ1v) is 12.3. The van der Waals surface area contributed by atoms with E-state index in [0.717, 1.165) is 36.9 Å². The van der Waals surface area contributed by atoms with E-state index < -0.39 is 5.60 Å². The number of nitrogens with one attached hydrogen (secondary N) is 2. The van der Waals surface area contributed by atoms with E-state index in [1.807, 2.05) is 33.2 Å². The molecule has 3 N–H and O–H groups in total. The van der Waals surface area contributed by atoms with Gasteiger partial charge < -0.3 is 15.7 Å². The molecule has 1 amide bonds. The summed E-state index contributed by atoms with van der Waals surface area (Å²) >= 11 is 6.04. The van der Waals surface area contributed by atoms with Crippen molar-refractivity contribution < 1.29 is 9.90 Å². The molecule has 188 valence electrons. The van der Waals surface area contributed by atoms with Crippen LogP contribution >= 0.6 is 11.6 Å². The topological polar surface area (TPSA) is 122 Å². The van der Waals surface area contributed by atoms with Crippen LogP contribution in [0.25, 0.3) is 16.9 Å². The summed E-state index contributed by atoms with van der Waals surface area (Å²) in [4.78, 5) is 22.3. The highest BCUT2D eigenvalue weighted by molar-refractivity contribution is 6.30. The van der Waals surface area contributed by atoms with E-state index in [-0.39, 0.29) is 17.9 Å². The molecule has 4 aromatic heterocycles. The molecule has 0 unspecified atom stereocenters. The Hall–Kier alpha value is -3.50. The highest BCUT2D eigenvalue weighted by atomic mass is 35.5. The number of aromatic nitrogens is 6. The Morgan fingerprint density at radius 1 is 1.08 bits per heavy atom. The Kier molecular flexibility index (Phi) is 6.40. The molecule has 4 heterocycles. The molecular formula is C25H29ClN8O2. The van der Waals surface area contributed by atoms with Crippen LogP contribution in [0.3, 0.4) is 0 Å². The number of rotatable bonds is 6. The van der Waals surface area contributed by atoms with E-state index in [1.165, 1.54) is 0 Å². The number of fused-ring (bicyclic) bond motifs is 1. The predicted molar refractivity (Wildman–Crippen MR) is 137 cm³/mol. The van der Waals surface area contributed by atoms with Gasteiger partial charge in [0.1, 0.15) is 0 Å². The zero-order valence-electron chi connectivity index (χ0n) is 20.4. The van der Waals surface area contributed by atoms with Gasteiger partial charge in [0.15, 0.2) is 5.65 Å². The number of pyridine rings is 1. The SMILES string of the molecule is Cn1cc(Nc2cc(-c3cnn4cc(Cl)cnc34)ncc2C(=O)NC2CCC(C(C)(C)O)CC2)cn1.